The molecule has 0 saturated heterocycles. The lowest BCUT2D eigenvalue weighted by Gasteiger charge is -2.29. The van der Waals surface area contributed by atoms with E-state index in [1.807, 2.05) is 6.92 Å². The number of rotatable bonds is 7. The lowest BCUT2D eigenvalue weighted by Crippen LogP contribution is -2.50. The van der Waals surface area contributed by atoms with Gasteiger partial charge in [-0.2, -0.15) is 4.31 Å². The molecule has 1 aromatic rings. The zero-order valence-electron chi connectivity index (χ0n) is 13.1. The van der Waals surface area contributed by atoms with Gasteiger partial charge in [0, 0.05) is 14.2 Å². The van der Waals surface area contributed by atoms with Gasteiger partial charge in [0.25, 0.3) is 0 Å². The van der Waals surface area contributed by atoms with E-state index in [1.165, 1.54) is 39.5 Å². The Labute approximate surface area is 131 Å². The molecule has 6 nitrogen and oxygen atoms in total. The summed E-state index contributed by atoms with van der Waals surface area (Å²) < 4.78 is 36.1. The Hall–Kier alpha value is -1.70. The summed E-state index contributed by atoms with van der Waals surface area (Å²) in [5.41, 5.74) is 0.937. The van der Waals surface area contributed by atoms with Crippen LogP contribution in [0.5, 0.6) is 0 Å². The highest BCUT2D eigenvalue weighted by molar-refractivity contribution is 7.89. The van der Waals surface area contributed by atoms with E-state index >= 15 is 0 Å². The lowest BCUT2D eigenvalue weighted by molar-refractivity contribution is -0.148. The Balaban J connectivity index is 3.27. The summed E-state index contributed by atoms with van der Waals surface area (Å²) in [6.45, 7) is 5.42. The van der Waals surface area contributed by atoms with Crippen LogP contribution in [-0.2, 0) is 24.3 Å². The minimum absolute atomic E-state index is 0.0911. The molecule has 22 heavy (non-hydrogen) atoms. The minimum Gasteiger partial charge on any atom is -0.468 e. The van der Waals surface area contributed by atoms with Crippen LogP contribution in [0.3, 0.4) is 0 Å². The van der Waals surface area contributed by atoms with E-state index in [-0.39, 0.29) is 4.90 Å². The van der Waals surface area contributed by atoms with Crippen LogP contribution in [0.1, 0.15) is 5.56 Å². The first-order valence-corrected chi connectivity index (χ1v) is 8.01. The maximum Gasteiger partial charge on any atom is 0.327 e. The number of carbonyl (C=O) groups excluding carboxylic acids is 1. The number of nitrogens with zero attached hydrogens (tertiary/aromatic N) is 1. The van der Waals surface area contributed by atoms with Gasteiger partial charge < -0.3 is 9.47 Å². The van der Waals surface area contributed by atoms with Crippen molar-refractivity contribution in [1.82, 2.24) is 4.31 Å². The molecule has 0 aromatic heterocycles. The number of methoxy groups -OCH3 is 2. The molecule has 2 unspecified atom stereocenters. The lowest BCUT2D eigenvalue weighted by atomic mass is 10.1. The van der Waals surface area contributed by atoms with E-state index in [4.69, 9.17) is 9.47 Å². The van der Waals surface area contributed by atoms with Crippen molar-refractivity contribution in [1.29, 1.82) is 0 Å². The Kier molecular flexibility index (Phi) is 6.28. The normalized spacial score (nSPS) is 14.4. The zero-order chi connectivity index (χ0) is 16.9. The Morgan fingerprint density at radius 3 is 2.23 bits per heavy atom. The topological polar surface area (TPSA) is 72.9 Å². The molecular formula is C15H21NO5S. The summed E-state index contributed by atoms with van der Waals surface area (Å²) >= 11 is 0. The third kappa shape index (κ3) is 3.73. The maximum atomic E-state index is 12.7. The largest absolute Gasteiger partial charge is 0.468 e. The molecule has 0 aliphatic carbocycles. The van der Waals surface area contributed by atoms with Gasteiger partial charge in [-0.15, -0.1) is 6.58 Å². The first-order chi connectivity index (χ1) is 10.3. The molecule has 1 rings (SSSR count). The summed E-state index contributed by atoms with van der Waals surface area (Å²) in [6, 6.07) is 5.21. The van der Waals surface area contributed by atoms with E-state index in [2.05, 4.69) is 6.58 Å². The smallest absolute Gasteiger partial charge is 0.327 e. The number of likely N-dealkylation sites (N-methyl/N-ethyl adjacent to an activating group) is 1. The van der Waals surface area contributed by atoms with Gasteiger partial charge in [-0.25, -0.2) is 8.42 Å². The van der Waals surface area contributed by atoms with Gasteiger partial charge in [0.05, 0.1) is 12.0 Å². The van der Waals surface area contributed by atoms with E-state index < -0.39 is 28.1 Å². The van der Waals surface area contributed by atoms with Crippen LogP contribution in [0.25, 0.3) is 0 Å². The molecule has 2 atom stereocenters. The van der Waals surface area contributed by atoms with Crippen LogP contribution >= 0.6 is 0 Å². The van der Waals surface area contributed by atoms with Crippen LogP contribution in [0.15, 0.2) is 41.8 Å². The van der Waals surface area contributed by atoms with Crippen LogP contribution < -0.4 is 0 Å². The van der Waals surface area contributed by atoms with Gasteiger partial charge in [-0.3, -0.25) is 4.79 Å². The Bertz CT molecular complexity index is 624. The van der Waals surface area contributed by atoms with E-state index in [1.54, 1.807) is 12.1 Å². The molecule has 0 aliphatic heterocycles. The van der Waals surface area contributed by atoms with Gasteiger partial charge in [0.15, 0.2) is 6.04 Å². The molecule has 0 radical (unpaired) electrons. The SMILES string of the molecule is C=CC(OC)C(C(=O)OC)N(C)S(=O)(=O)c1ccc(C)cc1. The molecule has 0 spiro atoms. The summed E-state index contributed by atoms with van der Waals surface area (Å²) in [5.74, 6) is -0.718. The first-order valence-electron chi connectivity index (χ1n) is 6.57. The van der Waals surface area contributed by atoms with E-state index in [0.717, 1.165) is 9.87 Å². The van der Waals surface area contributed by atoms with Crippen molar-refractivity contribution in [2.45, 2.75) is 24.0 Å². The van der Waals surface area contributed by atoms with Crippen LogP contribution in [0.4, 0.5) is 0 Å². The highest BCUT2D eigenvalue weighted by Gasteiger charge is 2.38. The van der Waals surface area contributed by atoms with Gasteiger partial charge in [0.1, 0.15) is 6.10 Å². The van der Waals surface area contributed by atoms with Crippen molar-refractivity contribution >= 4 is 16.0 Å². The van der Waals surface area contributed by atoms with Gasteiger partial charge in [0.2, 0.25) is 10.0 Å². The van der Waals surface area contributed by atoms with Crippen molar-refractivity contribution in [2.24, 2.45) is 0 Å². The van der Waals surface area contributed by atoms with E-state index in [9.17, 15) is 13.2 Å². The molecule has 0 amide bonds. The molecule has 0 heterocycles. The Morgan fingerprint density at radius 1 is 1.27 bits per heavy atom. The third-order valence-corrected chi connectivity index (χ3v) is 5.20. The van der Waals surface area contributed by atoms with Crippen molar-refractivity contribution in [3.05, 3.63) is 42.5 Å². The van der Waals surface area contributed by atoms with Gasteiger partial charge in [-0.05, 0) is 19.1 Å². The van der Waals surface area contributed by atoms with Crippen molar-refractivity contribution in [3.63, 3.8) is 0 Å². The van der Waals surface area contributed by atoms with Gasteiger partial charge in [-0.1, -0.05) is 23.8 Å². The quantitative estimate of drug-likeness (QED) is 0.558. The second kappa shape index (κ2) is 7.53. The summed E-state index contributed by atoms with van der Waals surface area (Å²) in [7, 11) is 0.00286. The number of esters is 1. The van der Waals surface area contributed by atoms with Gasteiger partial charge >= 0.3 is 5.97 Å². The van der Waals surface area contributed by atoms with Crippen LogP contribution in [0.2, 0.25) is 0 Å². The van der Waals surface area contributed by atoms with E-state index in [0.29, 0.717) is 0 Å². The van der Waals surface area contributed by atoms with Crippen molar-refractivity contribution in [2.75, 3.05) is 21.3 Å². The molecule has 0 saturated carbocycles. The van der Waals surface area contributed by atoms with Crippen molar-refractivity contribution < 1.29 is 22.7 Å². The monoisotopic (exact) mass is 327 g/mol. The average Bonchev–Trinajstić information content (AvgIpc) is 2.51. The predicted octanol–water partition coefficient (Wildman–Crippen LogP) is 1.36. The molecule has 122 valence electrons. The number of carbonyl (C=O) groups is 1. The third-order valence-electron chi connectivity index (χ3n) is 3.35. The summed E-state index contributed by atoms with van der Waals surface area (Å²) in [4.78, 5) is 12.1. The molecule has 7 heteroatoms. The maximum absolute atomic E-state index is 12.7. The second-order valence-electron chi connectivity index (χ2n) is 4.74. The number of hydrogen-bond acceptors (Lipinski definition) is 5. The summed E-state index contributed by atoms with van der Waals surface area (Å²) in [5, 5.41) is 0. The fourth-order valence-corrected chi connectivity index (χ4v) is 3.31. The number of aryl methyl sites for hydroxylation is 1. The average molecular weight is 327 g/mol. The first kappa shape index (κ1) is 18.3. The van der Waals surface area contributed by atoms with Crippen LogP contribution in [-0.4, -0.2) is 52.1 Å². The molecule has 0 aliphatic rings. The fourth-order valence-electron chi connectivity index (χ4n) is 1.99. The Morgan fingerprint density at radius 2 is 1.82 bits per heavy atom. The standard InChI is InChI=1S/C15H21NO5S/c1-6-13(20-4)14(15(17)21-5)16(3)22(18,19)12-9-7-11(2)8-10-12/h6-10,13-14H,1H2,2-5H3. The second-order valence-corrected chi connectivity index (χ2v) is 6.74. The van der Waals surface area contributed by atoms with Crippen molar-refractivity contribution in [3.8, 4) is 0 Å². The molecule has 0 fully saturated rings. The number of sulfonamides is 1. The molecular weight excluding hydrogens is 306 g/mol. The minimum atomic E-state index is -3.87. The molecule has 0 bridgehead atoms. The zero-order valence-corrected chi connectivity index (χ0v) is 14.0. The molecule has 0 N–H and O–H groups in total. The number of hydrogen-bond donors (Lipinski definition) is 0. The fraction of sp³-hybridized carbons (Fsp3) is 0.400. The van der Waals surface area contributed by atoms with Crippen LogP contribution in [0, 0.1) is 6.92 Å². The number of ether oxygens (including phenoxy) is 2. The number of benzene rings is 1. The predicted molar refractivity (Wildman–Crippen MR) is 82.9 cm³/mol. The summed E-state index contributed by atoms with van der Waals surface area (Å²) in [6.07, 6.45) is 0.542. The highest BCUT2D eigenvalue weighted by atomic mass is 32.2. The molecule has 1 aromatic carbocycles. The highest BCUT2D eigenvalue weighted by Crippen LogP contribution is 2.20.